The number of methoxy groups -OCH3 is 1. The molecule has 1 aliphatic rings. The van der Waals surface area contributed by atoms with E-state index in [2.05, 4.69) is 4.74 Å². The zero-order chi connectivity index (χ0) is 12.7. The maximum atomic E-state index is 11.2. The maximum absolute atomic E-state index is 11.2. The van der Waals surface area contributed by atoms with E-state index in [-0.39, 0.29) is 17.4 Å². The summed E-state index contributed by atoms with van der Waals surface area (Å²) < 4.78 is 9.53. The van der Waals surface area contributed by atoms with E-state index in [1.807, 2.05) is 0 Å². The lowest BCUT2D eigenvalue weighted by molar-refractivity contribution is -0.143. The van der Waals surface area contributed by atoms with E-state index < -0.39 is 0 Å². The van der Waals surface area contributed by atoms with Gasteiger partial charge in [0.05, 0.1) is 26.6 Å². The summed E-state index contributed by atoms with van der Waals surface area (Å²) in [6.07, 6.45) is 3.14. The van der Waals surface area contributed by atoms with Crippen molar-refractivity contribution in [2.24, 2.45) is 5.41 Å². The molecular formula is C12H20O4S. The molecule has 0 aliphatic heterocycles. The Morgan fingerprint density at radius 3 is 2.53 bits per heavy atom. The number of carbonyl (C=O) groups is 2. The van der Waals surface area contributed by atoms with Crippen molar-refractivity contribution in [2.45, 2.75) is 32.6 Å². The van der Waals surface area contributed by atoms with Crippen molar-refractivity contribution in [3.63, 3.8) is 0 Å². The van der Waals surface area contributed by atoms with Crippen molar-refractivity contribution >= 4 is 23.7 Å². The minimum Gasteiger partial charge on any atom is -0.469 e. The fourth-order valence-corrected chi connectivity index (χ4v) is 2.88. The lowest BCUT2D eigenvalue weighted by Crippen LogP contribution is -2.13. The molecule has 0 saturated heterocycles. The van der Waals surface area contributed by atoms with Gasteiger partial charge in [0.15, 0.2) is 0 Å². The van der Waals surface area contributed by atoms with Crippen LogP contribution in [0.3, 0.4) is 0 Å². The van der Waals surface area contributed by atoms with Crippen molar-refractivity contribution < 1.29 is 19.1 Å². The van der Waals surface area contributed by atoms with Gasteiger partial charge >= 0.3 is 11.9 Å². The van der Waals surface area contributed by atoms with Crippen LogP contribution >= 0.6 is 11.8 Å². The van der Waals surface area contributed by atoms with Crippen LogP contribution in [-0.4, -0.2) is 37.2 Å². The highest BCUT2D eigenvalue weighted by Crippen LogP contribution is 2.51. The molecule has 1 fully saturated rings. The molecule has 0 spiro atoms. The molecule has 0 radical (unpaired) electrons. The normalized spacial score (nSPS) is 16.4. The summed E-state index contributed by atoms with van der Waals surface area (Å²) in [5, 5.41) is 0. The van der Waals surface area contributed by atoms with Gasteiger partial charge in [-0.2, -0.15) is 11.8 Å². The summed E-state index contributed by atoms with van der Waals surface area (Å²) in [7, 11) is 1.42. The van der Waals surface area contributed by atoms with Crippen molar-refractivity contribution in [3.8, 4) is 0 Å². The van der Waals surface area contributed by atoms with Crippen LogP contribution in [0.4, 0.5) is 0 Å². The lowest BCUT2D eigenvalue weighted by Gasteiger charge is -2.12. The predicted octanol–water partition coefficient (Wildman–Crippen LogP) is 2.02. The van der Waals surface area contributed by atoms with Crippen LogP contribution in [0.15, 0.2) is 0 Å². The summed E-state index contributed by atoms with van der Waals surface area (Å²) in [6.45, 7) is 2.25. The highest BCUT2D eigenvalue weighted by atomic mass is 32.2. The Bertz CT molecular complexity index is 274. The first-order valence-electron chi connectivity index (χ1n) is 5.92. The van der Waals surface area contributed by atoms with Crippen LogP contribution in [0.1, 0.15) is 32.6 Å². The molecule has 5 heteroatoms. The minimum atomic E-state index is -0.141. The minimum absolute atomic E-state index is 0.131. The second-order valence-electron chi connectivity index (χ2n) is 4.36. The second-order valence-corrected chi connectivity index (χ2v) is 5.47. The van der Waals surface area contributed by atoms with Gasteiger partial charge in [0.25, 0.3) is 0 Å². The largest absolute Gasteiger partial charge is 0.469 e. The number of hydrogen-bond acceptors (Lipinski definition) is 5. The third-order valence-electron chi connectivity index (χ3n) is 2.87. The molecule has 0 aromatic heterocycles. The zero-order valence-electron chi connectivity index (χ0n) is 10.5. The van der Waals surface area contributed by atoms with E-state index in [0.717, 1.165) is 24.3 Å². The van der Waals surface area contributed by atoms with Crippen molar-refractivity contribution in [2.75, 3.05) is 25.2 Å². The summed E-state index contributed by atoms with van der Waals surface area (Å²) in [6, 6.07) is 0. The fraction of sp³-hybridized carbons (Fsp3) is 0.833. The van der Waals surface area contributed by atoms with Gasteiger partial charge in [0, 0.05) is 5.75 Å². The molecule has 0 bridgehead atoms. The number of hydrogen-bond donors (Lipinski definition) is 0. The standard InChI is InChI=1S/C12H20O4S/c1-3-16-10(13)4-7-17-9-12(5-6-12)8-11(14)15-2/h3-9H2,1-2H3. The van der Waals surface area contributed by atoms with Crippen molar-refractivity contribution in [3.05, 3.63) is 0 Å². The van der Waals surface area contributed by atoms with E-state index in [9.17, 15) is 9.59 Å². The summed E-state index contributed by atoms with van der Waals surface area (Å²) >= 11 is 1.72. The molecule has 0 heterocycles. The Kier molecular flexibility index (Phi) is 5.82. The summed E-state index contributed by atoms with van der Waals surface area (Å²) in [5.74, 6) is 1.43. The molecule has 0 unspecified atom stereocenters. The van der Waals surface area contributed by atoms with Crippen LogP contribution in [0, 0.1) is 5.41 Å². The molecule has 4 nitrogen and oxygen atoms in total. The summed E-state index contributed by atoms with van der Waals surface area (Å²) in [5.41, 5.74) is 0.145. The molecule has 0 aromatic rings. The molecule has 17 heavy (non-hydrogen) atoms. The van der Waals surface area contributed by atoms with Gasteiger partial charge in [0.1, 0.15) is 0 Å². The molecule has 0 aromatic carbocycles. The Hall–Kier alpha value is -0.710. The molecule has 0 N–H and O–H groups in total. The molecule has 0 amide bonds. The molecular weight excluding hydrogens is 240 g/mol. The molecule has 98 valence electrons. The first-order valence-corrected chi connectivity index (χ1v) is 7.07. The van der Waals surface area contributed by atoms with Gasteiger partial charge in [-0.15, -0.1) is 0 Å². The molecule has 1 aliphatic carbocycles. The zero-order valence-corrected chi connectivity index (χ0v) is 11.3. The monoisotopic (exact) mass is 260 g/mol. The molecule has 1 rings (SSSR count). The maximum Gasteiger partial charge on any atom is 0.306 e. The van der Waals surface area contributed by atoms with Gasteiger partial charge in [-0.3, -0.25) is 9.59 Å². The van der Waals surface area contributed by atoms with Crippen LogP contribution in [0.2, 0.25) is 0 Å². The van der Waals surface area contributed by atoms with Crippen molar-refractivity contribution in [1.29, 1.82) is 0 Å². The Balaban J connectivity index is 2.10. The highest BCUT2D eigenvalue weighted by Gasteiger charge is 2.44. The topological polar surface area (TPSA) is 52.6 Å². The van der Waals surface area contributed by atoms with Crippen molar-refractivity contribution in [1.82, 2.24) is 0 Å². The fourth-order valence-electron chi connectivity index (χ4n) is 1.60. The Morgan fingerprint density at radius 1 is 1.29 bits per heavy atom. The number of thioether (sulfide) groups is 1. The number of esters is 2. The smallest absolute Gasteiger partial charge is 0.306 e. The summed E-state index contributed by atoms with van der Waals surface area (Å²) in [4.78, 5) is 22.3. The van der Waals surface area contributed by atoms with Gasteiger partial charge in [-0.1, -0.05) is 0 Å². The van der Waals surface area contributed by atoms with E-state index in [0.29, 0.717) is 19.4 Å². The number of ether oxygens (including phenoxy) is 2. The SMILES string of the molecule is CCOC(=O)CCSCC1(CC(=O)OC)CC1. The first kappa shape index (κ1) is 14.4. The second kappa shape index (κ2) is 6.89. The first-order chi connectivity index (χ1) is 8.12. The Labute approximate surface area is 106 Å². The van der Waals surface area contributed by atoms with E-state index in [1.165, 1.54) is 7.11 Å². The van der Waals surface area contributed by atoms with Gasteiger partial charge in [-0.05, 0) is 30.9 Å². The van der Waals surface area contributed by atoms with Gasteiger partial charge in [-0.25, -0.2) is 0 Å². The van der Waals surface area contributed by atoms with Crippen LogP contribution in [0.5, 0.6) is 0 Å². The Morgan fingerprint density at radius 2 is 2.00 bits per heavy atom. The van der Waals surface area contributed by atoms with Gasteiger partial charge < -0.3 is 9.47 Å². The highest BCUT2D eigenvalue weighted by molar-refractivity contribution is 7.99. The van der Waals surface area contributed by atoms with Crippen LogP contribution in [0.25, 0.3) is 0 Å². The van der Waals surface area contributed by atoms with E-state index >= 15 is 0 Å². The number of rotatable bonds is 8. The lowest BCUT2D eigenvalue weighted by atomic mass is 10.1. The third kappa shape index (κ3) is 5.44. The van der Waals surface area contributed by atoms with Gasteiger partial charge in [0.2, 0.25) is 0 Å². The third-order valence-corrected chi connectivity index (χ3v) is 4.18. The quantitative estimate of drug-likeness (QED) is 0.493. The predicted molar refractivity (Wildman–Crippen MR) is 66.9 cm³/mol. The number of carbonyl (C=O) groups excluding carboxylic acids is 2. The average Bonchev–Trinajstić information content (AvgIpc) is 3.05. The molecule has 1 saturated carbocycles. The van der Waals surface area contributed by atoms with Crippen LogP contribution < -0.4 is 0 Å². The van der Waals surface area contributed by atoms with E-state index in [4.69, 9.17) is 4.74 Å². The van der Waals surface area contributed by atoms with Crippen LogP contribution in [-0.2, 0) is 19.1 Å². The van der Waals surface area contributed by atoms with E-state index in [1.54, 1.807) is 18.7 Å². The molecule has 0 atom stereocenters. The average molecular weight is 260 g/mol.